The number of hydrogen-bond acceptors (Lipinski definition) is 2. The smallest absolute Gasteiger partial charge is 0.245 e. The van der Waals surface area contributed by atoms with Crippen LogP contribution in [0, 0.1) is 16.5 Å². The van der Waals surface area contributed by atoms with Gasteiger partial charge in [0.05, 0.1) is 6.42 Å². The summed E-state index contributed by atoms with van der Waals surface area (Å²) in [5.74, 6) is 0. The first-order valence-corrected chi connectivity index (χ1v) is 3.90. The molecule has 0 saturated carbocycles. The lowest BCUT2D eigenvalue weighted by Gasteiger charge is -2.05. The first-order valence-electron chi connectivity index (χ1n) is 3.90. The highest BCUT2D eigenvalue weighted by atomic mass is 16.6. The van der Waals surface area contributed by atoms with Crippen LogP contribution in [0.15, 0.2) is 43.0 Å². The third-order valence-electron chi connectivity index (χ3n) is 1.69. The fraction of sp³-hybridized carbons (Fsp3) is 0.100. The maximum atomic E-state index is 10.6. The van der Waals surface area contributed by atoms with Gasteiger partial charge in [-0.3, -0.25) is 10.1 Å². The van der Waals surface area contributed by atoms with Gasteiger partial charge in [-0.15, -0.1) is 6.58 Å². The van der Waals surface area contributed by atoms with Crippen LogP contribution >= 0.6 is 0 Å². The van der Waals surface area contributed by atoms with Crippen molar-refractivity contribution in [1.29, 1.82) is 0 Å². The van der Waals surface area contributed by atoms with Gasteiger partial charge in [0.2, 0.25) is 6.04 Å². The summed E-state index contributed by atoms with van der Waals surface area (Å²) in [7, 11) is 0. The maximum absolute atomic E-state index is 10.6. The summed E-state index contributed by atoms with van der Waals surface area (Å²) >= 11 is 0. The lowest BCUT2D eigenvalue weighted by Crippen LogP contribution is -2.09. The zero-order valence-electron chi connectivity index (χ0n) is 7.09. The molecule has 1 unspecified atom stereocenters. The molecule has 3 heteroatoms. The average molecular weight is 176 g/mol. The van der Waals surface area contributed by atoms with Gasteiger partial charge in [-0.1, -0.05) is 36.4 Å². The molecule has 0 N–H and O–H groups in total. The minimum atomic E-state index is -0.779. The van der Waals surface area contributed by atoms with Crippen molar-refractivity contribution in [2.45, 2.75) is 6.04 Å². The molecule has 0 aliphatic heterocycles. The van der Waals surface area contributed by atoms with Gasteiger partial charge in [0.1, 0.15) is 0 Å². The summed E-state index contributed by atoms with van der Waals surface area (Å²) in [5, 5.41) is 10.6. The average Bonchev–Trinajstić information content (AvgIpc) is 2.15. The Morgan fingerprint density at radius 3 is 2.46 bits per heavy atom. The van der Waals surface area contributed by atoms with Crippen molar-refractivity contribution < 1.29 is 4.92 Å². The van der Waals surface area contributed by atoms with Gasteiger partial charge in [-0.2, -0.15) is 0 Å². The van der Waals surface area contributed by atoms with E-state index in [9.17, 15) is 10.1 Å². The van der Waals surface area contributed by atoms with Gasteiger partial charge in [0.25, 0.3) is 0 Å². The molecule has 1 radical (unpaired) electrons. The van der Waals surface area contributed by atoms with Crippen LogP contribution in [-0.2, 0) is 0 Å². The zero-order chi connectivity index (χ0) is 9.68. The molecule has 0 amide bonds. The highest BCUT2D eigenvalue weighted by molar-refractivity contribution is 5.21. The van der Waals surface area contributed by atoms with E-state index in [0.29, 0.717) is 5.56 Å². The number of nitro groups is 1. The summed E-state index contributed by atoms with van der Waals surface area (Å²) in [4.78, 5) is 10.3. The van der Waals surface area contributed by atoms with Crippen molar-refractivity contribution in [3.63, 3.8) is 0 Å². The molecule has 67 valence electrons. The fourth-order valence-electron chi connectivity index (χ4n) is 1.08. The minimum absolute atomic E-state index is 0.336. The molecule has 1 aromatic rings. The van der Waals surface area contributed by atoms with E-state index in [-0.39, 0.29) is 4.92 Å². The summed E-state index contributed by atoms with van der Waals surface area (Å²) in [5.41, 5.74) is 0.674. The third kappa shape index (κ3) is 2.40. The van der Waals surface area contributed by atoms with Gasteiger partial charge in [-0.05, 0) is 0 Å². The minimum Gasteiger partial charge on any atom is -0.264 e. The van der Waals surface area contributed by atoms with Gasteiger partial charge in [-0.25, -0.2) is 0 Å². The van der Waals surface area contributed by atoms with Crippen molar-refractivity contribution >= 4 is 0 Å². The number of benzene rings is 1. The first-order chi connectivity index (χ1) is 6.25. The van der Waals surface area contributed by atoms with E-state index in [1.54, 1.807) is 24.3 Å². The molecule has 0 fully saturated rings. The molecular formula is C10H10NO2. The van der Waals surface area contributed by atoms with E-state index in [0.717, 1.165) is 0 Å². The molecule has 0 aromatic heterocycles. The molecular weight excluding hydrogens is 166 g/mol. The molecule has 0 aliphatic carbocycles. The Morgan fingerprint density at radius 1 is 1.38 bits per heavy atom. The third-order valence-corrected chi connectivity index (χ3v) is 1.69. The molecule has 1 aromatic carbocycles. The van der Waals surface area contributed by atoms with Crippen molar-refractivity contribution in [3.05, 3.63) is 65.1 Å². The van der Waals surface area contributed by atoms with Gasteiger partial charge >= 0.3 is 0 Å². The Morgan fingerprint density at radius 2 is 2.00 bits per heavy atom. The van der Waals surface area contributed by atoms with E-state index in [4.69, 9.17) is 0 Å². The number of nitrogens with zero attached hydrogens (tertiary/aromatic N) is 1. The molecule has 1 atom stereocenters. The Kier molecular flexibility index (Phi) is 3.20. The molecule has 1 rings (SSSR count). The monoisotopic (exact) mass is 176 g/mol. The molecule has 0 aliphatic rings. The van der Waals surface area contributed by atoms with E-state index < -0.39 is 6.04 Å². The predicted molar refractivity (Wildman–Crippen MR) is 50.7 cm³/mol. The zero-order valence-corrected chi connectivity index (χ0v) is 7.09. The van der Waals surface area contributed by atoms with Crippen LogP contribution in [0.1, 0.15) is 11.6 Å². The Labute approximate surface area is 76.9 Å². The number of rotatable bonds is 4. The molecule has 0 bridgehead atoms. The Bertz CT molecular complexity index is 295. The number of hydrogen-bond donors (Lipinski definition) is 0. The van der Waals surface area contributed by atoms with E-state index >= 15 is 0 Å². The second-order valence-electron chi connectivity index (χ2n) is 2.57. The fourth-order valence-corrected chi connectivity index (χ4v) is 1.08. The van der Waals surface area contributed by atoms with Gasteiger partial charge in [0, 0.05) is 10.5 Å². The predicted octanol–water partition coefficient (Wildman–Crippen LogP) is 2.39. The van der Waals surface area contributed by atoms with Crippen molar-refractivity contribution in [2.75, 3.05) is 0 Å². The van der Waals surface area contributed by atoms with Crippen LogP contribution in [-0.4, -0.2) is 4.92 Å². The van der Waals surface area contributed by atoms with Crippen LogP contribution in [0.4, 0.5) is 0 Å². The van der Waals surface area contributed by atoms with Crippen molar-refractivity contribution in [2.24, 2.45) is 0 Å². The quantitative estimate of drug-likeness (QED) is 0.522. The van der Waals surface area contributed by atoms with Crippen LogP contribution < -0.4 is 0 Å². The second kappa shape index (κ2) is 4.40. The molecule has 13 heavy (non-hydrogen) atoms. The van der Waals surface area contributed by atoms with Crippen LogP contribution in [0.5, 0.6) is 0 Å². The van der Waals surface area contributed by atoms with Gasteiger partial charge < -0.3 is 0 Å². The van der Waals surface area contributed by atoms with Crippen LogP contribution in [0.2, 0.25) is 0 Å². The lowest BCUT2D eigenvalue weighted by atomic mass is 10.1. The summed E-state index contributed by atoms with van der Waals surface area (Å²) in [6, 6.07) is 8.07. The first kappa shape index (κ1) is 9.45. The molecule has 0 spiro atoms. The Hall–Kier alpha value is -1.64. The standard InChI is InChI=1S/C10H10NO2/c1-2-6-10(11(12)13)9-7-4-3-5-8-9/h2-8,10H,1H2. The summed E-state index contributed by atoms with van der Waals surface area (Å²) in [6.07, 6.45) is 2.91. The molecule has 3 nitrogen and oxygen atoms in total. The van der Waals surface area contributed by atoms with Crippen molar-refractivity contribution in [3.8, 4) is 0 Å². The molecule has 0 saturated heterocycles. The van der Waals surface area contributed by atoms with E-state index in [1.165, 1.54) is 12.5 Å². The van der Waals surface area contributed by atoms with E-state index in [1.807, 2.05) is 6.07 Å². The Balaban J connectivity index is 2.88. The maximum Gasteiger partial charge on any atom is 0.245 e. The normalized spacial score (nSPS) is 12.0. The highest BCUT2D eigenvalue weighted by Gasteiger charge is 2.20. The lowest BCUT2D eigenvalue weighted by molar-refractivity contribution is -0.518. The SMILES string of the molecule is C=C[CH]C(c1ccccc1)[N+](=O)[O-]. The summed E-state index contributed by atoms with van der Waals surface area (Å²) < 4.78 is 0. The van der Waals surface area contributed by atoms with Crippen LogP contribution in [0.3, 0.4) is 0 Å². The molecule has 0 heterocycles. The second-order valence-corrected chi connectivity index (χ2v) is 2.57. The largest absolute Gasteiger partial charge is 0.264 e. The topological polar surface area (TPSA) is 43.1 Å². The van der Waals surface area contributed by atoms with Gasteiger partial charge in [0.15, 0.2) is 0 Å². The summed E-state index contributed by atoms with van der Waals surface area (Å²) in [6.45, 7) is 3.45. The van der Waals surface area contributed by atoms with Crippen molar-refractivity contribution in [1.82, 2.24) is 0 Å². The van der Waals surface area contributed by atoms with Crippen LogP contribution in [0.25, 0.3) is 0 Å². The van der Waals surface area contributed by atoms with E-state index in [2.05, 4.69) is 6.58 Å². The highest BCUT2D eigenvalue weighted by Crippen LogP contribution is 2.18.